The molecule has 0 saturated carbocycles. The van der Waals surface area contributed by atoms with Crippen LogP contribution in [0.2, 0.25) is 0 Å². The molecule has 0 aliphatic carbocycles. The van der Waals surface area contributed by atoms with Gasteiger partial charge < -0.3 is 86.5 Å². The molecule has 24 heteroatoms. The van der Waals surface area contributed by atoms with Gasteiger partial charge in [-0.25, -0.2) is 0 Å². The first-order valence-electron chi connectivity index (χ1n) is 15.4. The van der Waals surface area contributed by atoms with Crippen molar-refractivity contribution < 1.29 is 86.5 Å². The Hall–Kier alpha value is -1.02. The maximum absolute atomic E-state index is 9.75. The van der Waals surface area contributed by atoms with E-state index in [0.29, 0.717) is 0 Å². The lowest BCUT2D eigenvalue weighted by atomic mass is 10.3. The second kappa shape index (κ2) is 42.1. The standard InChI is InChI=1S/4C6H15O.4BF4/c4*1-4-7(5-2)6-3;4*2-1(3,4)5/h4*4-6H2,1-3H3;;;;/q4*+1;4*-1. The highest BCUT2D eigenvalue weighted by Gasteiger charge is 2.22. The third-order valence-corrected chi connectivity index (χ3v) is 4.90. The van der Waals surface area contributed by atoms with Crippen LogP contribution in [0.5, 0.6) is 0 Å². The molecule has 0 aromatic heterocycles. The van der Waals surface area contributed by atoms with Crippen LogP contribution in [0.3, 0.4) is 0 Å². The van der Waals surface area contributed by atoms with Gasteiger partial charge in [0.05, 0.1) is 0 Å². The predicted molar refractivity (Wildman–Crippen MR) is 172 cm³/mol. The highest BCUT2D eigenvalue weighted by molar-refractivity contribution is 6.50. The van der Waals surface area contributed by atoms with E-state index in [-0.39, 0.29) is 0 Å². The molecule has 0 radical (unpaired) electrons. The van der Waals surface area contributed by atoms with E-state index in [1.165, 1.54) is 0 Å². The van der Waals surface area contributed by atoms with Crippen molar-refractivity contribution >= 4 is 29.0 Å². The quantitative estimate of drug-likeness (QED) is 0.107. The van der Waals surface area contributed by atoms with Gasteiger partial charge in [0.2, 0.25) is 0 Å². The van der Waals surface area contributed by atoms with Crippen molar-refractivity contribution in [3.8, 4) is 0 Å². The minimum absolute atomic E-state index is 1.10. The highest BCUT2D eigenvalue weighted by Crippen LogP contribution is 2.08. The van der Waals surface area contributed by atoms with E-state index in [0.717, 1.165) is 79.3 Å². The van der Waals surface area contributed by atoms with Gasteiger partial charge in [-0.1, -0.05) is 0 Å². The lowest BCUT2D eigenvalue weighted by Crippen LogP contribution is -2.11. The zero-order valence-electron chi connectivity index (χ0n) is 30.5. The maximum Gasteiger partial charge on any atom is 0.673 e. The van der Waals surface area contributed by atoms with E-state index < -0.39 is 29.0 Å². The van der Waals surface area contributed by atoms with Crippen LogP contribution in [0.15, 0.2) is 0 Å². The average molecular weight is 760 g/mol. The molecule has 0 rings (SSSR count). The fourth-order valence-corrected chi connectivity index (χ4v) is 2.45. The molecule has 0 bridgehead atoms. The zero-order valence-corrected chi connectivity index (χ0v) is 30.5. The first-order chi connectivity index (χ1) is 21.4. The topological polar surface area (TPSA) is 10.8 Å². The fourth-order valence-electron chi connectivity index (χ4n) is 2.45. The Balaban J connectivity index is -0.0000000638. The number of hydrogen-bond donors (Lipinski definition) is 0. The molecule has 0 aliphatic rings. The molecule has 0 amide bonds. The van der Waals surface area contributed by atoms with Crippen molar-refractivity contribution in [3.63, 3.8) is 0 Å². The Morgan fingerprint density at radius 1 is 0.208 bits per heavy atom. The molecule has 0 heterocycles. The summed E-state index contributed by atoms with van der Waals surface area (Å²) in [5.41, 5.74) is 0. The molecule has 0 N–H and O–H groups in total. The maximum atomic E-state index is 9.75. The van der Waals surface area contributed by atoms with Gasteiger partial charge in [-0.3, -0.25) is 0 Å². The van der Waals surface area contributed by atoms with Gasteiger partial charge in [0.15, 0.2) is 0 Å². The fraction of sp³-hybridized carbons (Fsp3) is 1.00. The molecule has 0 aromatic rings. The van der Waals surface area contributed by atoms with E-state index in [2.05, 4.69) is 101 Å². The van der Waals surface area contributed by atoms with E-state index in [9.17, 15) is 69.1 Å². The van der Waals surface area contributed by atoms with E-state index in [1.54, 1.807) is 0 Å². The predicted octanol–water partition coefficient (Wildman–Crippen LogP) is 11.6. The molecule has 0 aliphatic heterocycles. The summed E-state index contributed by atoms with van der Waals surface area (Å²) in [7, 11) is -24.0. The summed E-state index contributed by atoms with van der Waals surface area (Å²) in [6, 6.07) is 0. The van der Waals surface area contributed by atoms with Crippen molar-refractivity contribution in [3.05, 3.63) is 0 Å². The third kappa shape index (κ3) is 165. The molecule has 4 nitrogen and oxygen atoms in total. The number of halogens is 16. The van der Waals surface area contributed by atoms with E-state index >= 15 is 0 Å². The molecule has 0 spiro atoms. The summed E-state index contributed by atoms with van der Waals surface area (Å²) in [5.74, 6) is 0. The van der Waals surface area contributed by atoms with Gasteiger partial charge in [-0.15, -0.1) is 0 Å². The molecule has 0 fully saturated rings. The van der Waals surface area contributed by atoms with Crippen LogP contribution in [0.25, 0.3) is 0 Å². The van der Waals surface area contributed by atoms with Gasteiger partial charge >= 0.3 is 29.0 Å². The summed E-state index contributed by atoms with van der Waals surface area (Å²) in [4.78, 5) is 0. The SMILES string of the molecule is CC[O+](CC)CC.CC[O+](CC)CC.CC[O+](CC)CC.CC[O+](CC)CC.F[B-](F)(F)F.F[B-](F)(F)F.F[B-](F)(F)F.F[B-](F)(F)F. The summed E-state index contributed by atoms with van der Waals surface area (Å²) < 4.78 is 168. The van der Waals surface area contributed by atoms with Gasteiger partial charge in [-0.05, 0) is 0 Å². The van der Waals surface area contributed by atoms with Crippen molar-refractivity contribution in [2.45, 2.75) is 83.1 Å². The molecule has 0 saturated heterocycles. The molecule has 304 valence electrons. The number of rotatable bonds is 12. The summed E-state index contributed by atoms with van der Waals surface area (Å²) >= 11 is 0. The van der Waals surface area contributed by atoms with E-state index in [4.69, 9.17) is 0 Å². The van der Waals surface area contributed by atoms with Gasteiger partial charge in [0.1, 0.15) is 79.3 Å². The monoisotopic (exact) mass is 760 g/mol. The van der Waals surface area contributed by atoms with Crippen LogP contribution in [0.1, 0.15) is 83.1 Å². The smallest absolute Gasteiger partial charge is 0.422 e. The van der Waals surface area contributed by atoms with Crippen LogP contribution >= 0.6 is 0 Å². The van der Waals surface area contributed by atoms with Crippen LogP contribution < -0.4 is 0 Å². The molecule has 0 unspecified atom stereocenters. The highest BCUT2D eigenvalue weighted by atomic mass is 19.5. The summed E-state index contributed by atoms with van der Waals surface area (Å²) in [5, 5.41) is 0. The van der Waals surface area contributed by atoms with Crippen LogP contribution in [-0.4, -0.2) is 108 Å². The van der Waals surface area contributed by atoms with Gasteiger partial charge in [-0.2, -0.15) is 0 Å². The third-order valence-electron chi connectivity index (χ3n) is 4.90. The zero-order chi connectivity index (χ0) is 40.8. The second-order valence-electron chi connectivity index (χ2n) is 7.89. The minimum Gasteiger partial charge on any atom is -0.422 e. The normalized spacial score (nSPS) is 11.0. The molecule has 0 aromatic carbocycles. The Morgan fingerprint density at radius 2 is 0.250 bits per heavy atom. The summed E-state index contributed by atoms with van der Waals surface area (Å²) in [6.45, 7) is 39.1. The van der Waals surface area contributed by atoms with Crippen molar-refractivity contribution in [2.24, 2.45) is 0 Å². The lowest BCUT2D eigenvalue weighted by molar-refractivity contribution is -0.119. The Kier molecular flexibility index (Phi) is 57.4. The Morgan fingerprint density at radius 3 is 0.250 bits per heavy atom. The van der Waals surface area contributed by atoms with Crippen molar-refractivity contribution in [1.82, 2.24) is 0 Å². The lowest BCUT2D eigenvalue weighted by Gasteiger charge is -2.11. The summed E-state index contributed by atoms with van der Waals surface area (Å²) in [6.07, 6.45) is 0. The van der Waals surface area contributed by atoms with Gasteiger partial charge in [0, 0.05) is 83.1 Å². The van der Waals surface area contributed by atoms with Crippen LogP contribution in [0, 0.1) is 0 Å². The first-order valence-corrected chi connectivity index (χ1v) is 15.4. The minimum atomic E-state index is -6.00. The Labute approximate surface area is 278 Å². The van der Waals surface area contributed by atoms with E-state index in [1.807, 2.05) is 0 Å². The van der Waals surface area contributed by atoms with Crippen molar-refractivity contribution in [2.75, 3.05) is 79.3 Å². The van der Waals surface area contributed by atoms with Crippen molar-refractivity contribution in [1.29, 1.82) is 0 Å². The average Bonchev–Trinajstić information content (AvgIpc) is 2.90. The first kappa shape index (κ1) is 65.4. The largest absolute Gasteiger partial charge is 0.673 e. The van der Waals surface area contributed by atoms with Crippen LogP contribution in [-0.2, 0) is 17.5 Å². The van der Waals surface area contributed by atoms with Gasteiger partial charge in [0.25, 0.3) is 0 Å². The molecular weight excluding hydrogens is 699 g/mol. The Bertz CT molecular complexity index is 418. The molecule has 48 heavy (non-hydrogen) atoms. The molecule has 0 atom stereocenters. The second-order valence-corrected chi connectivity index (χ2v) is 7.89. The molecular formula is C24H60B4F16O4. The van der Waals surface area contributed by atoms with Crippen LogP contribution in [0.4, 0.5) is 69.1 Å². The number of hydrogen-bond acceptors (Lipinski definition) is 0.